The van der Waals surface area contributed by atoms with Gasteiger partial charge in [0.05, 0.1) is 23.8 Å². The molecule has 0 unspecified atom stereocenters. The number of anilines is 1. The number of fused-ring (bicyclic) bond motifs is 1. The van der Waals surface area contributed by atoms with Crippen LogP contribution >= 0.6 is 0 Å². The van der Waals surface area contributed by atoms with E-state index in [4.69, 9.17) is 0 Å². The first-order valence-electron chi connectivity index (χ1n) is 8.87. The highest BCUT2D eigenvalue weighted by molar-refractivity contribution is 5.92. The van der Waals surface area contributed by atoms with Gasteiger partial charge in [-0.3, -0.25) is 9.69 Å². The third-order valence-corrected chi connectivity index (χ3v) is 4.85. The predicted octanol–water partition coefficient (Wildman–Crippen LogP) is 2.99. The number of piperidine rings is 1. The highest BCUT2D eigenvalue weighted by atomic mass is 19.1. The SMILES string of the molecule is O=C(CN1CCC(n2nnc3cc(F)ccc32)CC1)Nc1ccccc1F. The molecule has 27 heavy (non-hydrogen) atoms. The lowest BCUT2D eigenvalue weighted by molar-refractivity contribution is -0.117. The van der Waals surface area contributed by atoms with Crippen molar-refractivity contribution in [2.75, 3.05) is 25.0 Å². The van der Waals surface area contributed by atoms with Crippen molar-refractivity contribution in [1.29, 1.82) is 0 Å². The zero-order valence-corrected chi connectivity index (χ0v) is 14.6. The third-order valence-electron chi connectivity index (χ3n) is 4.85. The van der Waals surface area contributed by atoms with Crippen LogP contribution < -0.4 is 5.32 Å². The lowest BCUT2D eigenvalue weighted by Crippen LogP contribution is -2.40. The van der Waals surface area contributed by atoms with Gasteiger partial charge in [0, 0.05) is 19.2 Å². The van der Waals surface area contributed by atoms with Crippen LogP contribution in [0.15, 0.2) is 42.5 Å². The molecule has 4 rings (SSSR count). The Morgan fingerprint density at radius 3 is 2.70 bits per heavy atom. The molecule has 1 N–H and O–H groups in total. The maximum absolute atomic E-state index is 13.6. The van der Waals surface area contributed by atoms with Crippen LogP contribution in [0.4, 0.5) is 14.5 Å². The second kappa shape index (κ2) is 7.40. The molecule has 1 aliphatic heterocycles. The molecule has 1 saturated heterocycles. The fourth-order valence-corrected chi connectivity index (χ4v) is 3.46. The number of rotatable bonds is 4. The summed E-state index contributed by atoms with van der Waals surface area (Å²) in [6.07, 6.45) is 1.62. The van der Waals surface area contributed by atoms with Crippen molar-refractivity contribution in [1.82, 2.24) is 19.9 Å². The number of para-hydroxylation sites is 1. The molecule has 1 aromatic heterocycles. The standard InChI is InChI=1S/C19H19F2N5O/c20-13-5-6-18-17(11-13)23-24-26(18)14-7-9-25(10-8-14)12-19(27)22-16-4-2-1-3-15(16)21/h1-6,11,14H,7-10,12H2,(H,22,27). The van der Waals surface area contributed by atoms with E-state index in [2.05, 4.69) is 15.6 Å². The summed E-state index contributed by atoms with van der Waals surface area (Å²) in [6, 6.07) is 10.8. The number of carbonyl (C=O) groups is 1. The van der Waals surface area contributed by atoms with E-state index < -0.39 is 5.82 Å². The van der Waals surface area contributed by atoms with Gasteiger partial charge in [0.15, 0.2) is 0 Å². The second-order valence-electron chi connectivity index (χ2n) is 6.70. The number of nitrogens with one attached hydrogen (secondary N) is 1. The van der Waals surface area contributed by atoms with Crippen LogP contribution in [0.25, 0.3) is 11.0 Å². The first kappa shape index (κ1) is 17.5. The van der Waals surface area contributed by atoms with E-state index in [1.807, 2.05) is 9.58 Å². The Labute approximate surface area is 154 Å². The second-order valence-corrected chi connectivity index (χ2v) is 6.70. The molecule has 6 nitrogen and oxygen atoms in total. The molecular weight excluding hydrogens is 352 g/mol. The van der Waals surface area contributed by atoms with Crippen LogP contribution in [0.5, 0.6) is 0 Å². The summed E-state index contributed by atoms with van der Waals surface area (Å²) in [5.74, 6) is -1.01. The van der Waals surface area contributed by atoms with E-state index in [0.717, 1.165) is 31.4 Å². The molecule has 0 spiro atoms. The number of aromatic nitrogens is 3. The van der Waals surface area contributed by atoms with Gasteiger partial charge in [-0.2, -0.15) is 0 Å². The molecule has 1 fully saturated rings. The van der Waals surface area contributed by atoms with Gasteiger partial charge in [0.1, 0.15) is 17.2 Å². The number of carbonyl (C=O) groups excluding carboxylic acids is 1. The Morgan fingerprint density at radius 2 is 1.93 bits per heavy atom. The minimum atomic E-state index is -0.445. The number of hydrogen-bond acceptors (Lipinski definition) is 4. The molecule has 1 amide bonds. The Kier molecular flexibility index (Phi) is 4.81. The van der Waals surface area contributed by atoms with Crippen molar-refractivity contribution in [2.24, 2.45) is 0 Å². The van der Waals surface area contributed by atoms with Crippen LogP contribution in [0.3, 0.4) is 0 Å². The smallest absolute Gasteiger partial charge is 0.238 e. The number of benzene rings is 2. The number of hydrogen-bond donors (Lipinski definition) is 1. The fourth-order valence-electron chi connectivity index (χ4n) is 3.46. The number of halogens is 2. The maximum atomic E-state index is 13.6. The van der Waals surface area contributed by atoms with E-state index in [-0.39, 0.29) is 30.0 Å². The molecule has 0 atom stereocenters. The van der Waals surface area contributed by atoms with Gasteiger partial charge in [0.25, 0.3) is 0 Å². The van der Waals surface area contributed by atoms with Gasteiger partial charge in [0.2, 0.25) is 5.91 Å². The average Bonchev–Trinajstić information content (AvgIpc) is 3.07. The summed E-state index contributed by atoms with van der Waals surface area (Å²) in [5.41, 5.74) is 1.55. The molecule has 1 aliphatic rings. The van der Waals surface area contributed by atoms with Crippen LogP contribution in [0, 0.1) is 11.6 Å². The molecular formula is C19H19F2N5O. The molecule has 8 heteroatoms. The Hall–Kier alpha value is -2.87. The van der Waals surface area contributed by atoms with E-state index >= 15 is 0 Å². The highest BCUT2D eigenvalue weighted by Gasteiger charge is 2.24. The van der Waals surface area contributed by atoms with Crippen LogP contribution in [0.1, 0.15) is 18.9 Å². The molecule has 0 saturated carbocycles. The molecule has 2 heterocycles. The fraction of sp³-hybridized carbons (Fsp3) is 0.316. The average molecular weight is 371 g/mol. The molecule has 3 aromatic rings. The minimum absolute atomic E-state index is 0.159. The van der Waals surface area contributed by atoms with Gasteiger partial charge in [-0.1, -0.05) is 17.3 Å². The van der Waals surface area contributed by atoms with E-state index in [1.54, 1.807) is 18.2 Å². The van der Waals surface area contributed by atoms with Crippen molar-refractivity contribution < 1.29 is 13.6 Å². The van der Waals surface area contributed by atoms with Gasteiger partial charge in [-0.25, -0.2) is 13.5 Å². The molecule has 2 aromatic carbocycles. The van der Waals surface area contributed by atoms with Crippen molar-refractivity contribution in [2.45, 2.75) is 18.9 Å². The highest BCUT2D eigenvalue weighted by Crippen LogP contribution is 2.25. The number of likely N-dealkylation sites (tertiary alicyclic amines) is 1. The van der Waals surface area contributed by atoms with Crippen molar-refractivity contribution in [3.05, 3.63) is 54.1 Å². The molecule has 0 aliphatic carbocycles. The van der Waals surface area contributed by atoms with E-state index in [0.29, 0.717) is 5.52 Å². The quantitative estimate of drug-likeness (QED) is 0.766. The van der Waals surface area contributed by atoms with Crippen molar-refractivity contribution in [3.8, 4) is 0 Å². The molecule has 0 bridgehead atoms. The van der Waals surface area contributed by atoms with Gasteiger partial charge in [-0.05, 0) is 37.1 Å². The zero-order chi connectivity index (χ0) is 18.8. The number of amides is 1. The predicted molar refractivity (Wildman–Crippen MR) is 97.2 cm³/mol. The topological polar surface area (TPSA) is 63.1 Å². The summed E-state index contributed by atoms with van der Waals surface area (Å²) >= 11 is 0. The van der Waals surface area contributed by atoms with Crippen molar-refractivity contribution in [3.63, 3.8) is 0 Å². The van der Waals surface area contributed by atoms with Gasteiger partial charge in [-0.15, -0.1) is 5.10 Å². The Bertz CT molecular complexity index is 966. The summed E-state index contributed by atoms with van der Waals surface area (Å²) in [4.78, 5) is 14.2. The molecule has 140 valence electrons. The monoisotopic (exact) mass is 371 g/mol. The summed E-state index contributed by atoms with van der Waals surface area (Å²) in [5, 5.41) is 10.8. The van der Waals surface area contributed by atoms with E-state index in [9.17, 15) is 13.6 Å². The van der Waals surface area contributed by atoms with Gasteiger partial charge < -0.3 is 5.32 Å². The van der Waals surface area contributed by atoms with Crippen molar-refractivity contribution >= 4 is 22.6 Å². The largest absolute Gasteiger partial charge is 0.322 e. The van der Waals surface area contributed by atoms with Crippen LogP contribution in [0.2, 0.25) is 0 Å². The van der Waals surface area contributed by atoms with Crippen LogP contribution in [-0.4, -0.2) is 45.4 Å². The normalized spacial score (nSPS) is 15.9. The lowest BCUT2D eigenvalue weighted by atomic mass is 10.0. The van der Waals surface area contributed by atoms with E-state index in [1.165, 1.54) is 24.3 Å². The summed E-state index contributed by atoms with van der Waals surface area (Å²) in [7, 11) is 0. The van der Waals surface area contributed by atoms with Crippen LogP contribution in [-0.2, 0) is 4.79 Å². The zero-order valence-electron chi connectivity index (χ0n) is 14.6. The Balaban J connectivity index is 1.34. The van der Waals surface area contributed by atoms with Gasteiger partial charge >= 0.3 is 0 Å². The third kappa shape index (κ3) is 3.80. The lowest BCUT2D eigenvalue weighted by Gasteiger charge is -2.31. The number of nitrogens with zero attached hydrogens (tertiary/aromatic N) is 4. The maximum Gasteiger partial charge on any atom is 0.238 e. The first-order chi connectivity index (χ1) is 13.1. The summed E-state index contributed by atoms with van der Waals surface area (Å²) < 4.78 is 28.8. The summed E-state index contributed by atoms with van der Waals surface area (Å²) in [6.45, 7) is 1.65. The first-order valence-corrected chi connectivity index (χ1v) is 8.87. The molecule has 0 radical (unpaired) electrons. The minimum Gasteiger partial charge on any atom is -0.322 e. The Morgan fingerprint density at radius 1 is 1.15 bits per heavy atom.